The molecule has 0 saturated heterocycles. The molecule has 1 N–H and O–H groups in total. The van der Waals surface area contributed by atoms with Gasteiger partial charge in [-0.3, -0.25) is 0 Å². The Hall–Kier alpha value is 0.920. The summed E-state index contributed by atoms with van der Waals surface area (Å²) in [5.41, 5.74) is -1.36. The molecule has 2 nitrogen and oxygen atoms in total. The van der Waals surface area contributed by atoms with Gasteiger partial charge in [0, 0.05) is 11.6 Å². The second-order valence-corrected chi connectivity index (χ2v) is 4.11. The van der Waals surface area contributed by atoms with Crippen LogP contribution in [0.1, 0.15) is 0 Å². The summed E-state index contributed by atoms with van der Waals surface area (Å²) in [7, 11) is 0. The molecule has 0 bridgehead atoms. The summed E-state index contributed by atoms with van der Waals surface area (Å²) < 4.78 is -1.28. The van der Waals surface area contributed by atoms with Crippen molar-refractivity contribution in [2.24, 2.45) is 0 Å². The Bertz CT molecular complexity index is 93.6. The van der Waals surface area contributed by atoms with Gasteiger partial charge in [0.25, 0.3) is 0 Å². The molecule has 0 radical (unpaired) electrons. The van der Waals surface area contributed by atoms with Crippen molar-refractivity contribution in [3.63, 3.8) is 0 Å². The van der Waals surface area contributed by atoms with Crippen LogP contribution in [0.4, 0.5) is 4.79 Å². The van der Waals surface area contributed by atoms with Crippen LogP contribution in [-0.2, 0) is 0 Å². The number of halogens is 5. The van der Waals surface area contributed by atoms with Gasteiger partial charge < -0.3 is 5.11 Å². The Morgan fingerprint density at radius 2 is 1.50 bits per heavy atom. The monoisotopic (exact) mass is 246 g/mol. The van der Waals surface area contributed by atoms with Crippen LogP contribution in [0.3, 0.4) is 0 Å². The molecule has 10 heavy (non-hydrogen) atoms. The normalized spacial score (nSPS) is 9.70. The first-order chi connectivity index (χ1) is 4.29. The van der Waals surface area contributed by atoms with Crippen molar-refractivity contribution in [1.29, 1.82) is 0 Å². The van der Waals surface area contributed by atoms with Gasteiger partial charge in [0.15, 0.2) is 0 Å². The molecule has 0 aromatic heterocycles. The van der Waals surface area contributed by atoms with Crippen LogP contribution in [-0.4, -0.2) is 20.2 Å². The van der Waals surface area contributed by atoms with Gasteiger partial charge in [-0.15, -0.1) is 11.6 Å². The maximum Gasteiger partial charge on any atom is 0.401 e. The number of carboxylic acid groups (broad SMARTS) is 1. The lowest BCUT2D eigenvalue weighted by molar-refractivity contribution is 0.220. The minimum absolute atomic E-state index is 0.0394. The third-order valence-corrected chi connectivity index (χ3v) is 1.36. The van der Waals surface area contributed by atoms with Crippen LogP contribution >= 0.6 is 58.0 Å². The zero-order valence-electron chi connectivity index (χ0n) is 4.45. The summed E-state index contributed by atoms with van der Waals surface area (Å²) in [5.74, 6) is 0.0394. The summed E-state index contributed by atoms with van der Waals surface area (Å²) in [5, 5.41) is 7.18. The number of alkyl halides is 4. The van der Waals surface area contributed by atoms with E-state index >= 15 is 0 Å². The summed E-state index contributed by atoms with van der Waals surface area (Å²) in [6.07, 6.45) is 0. The van der Waals surface area contributed by atoms with Gasteiger partial charge in [0.1, 0.15) is 0 Å². The molecule has 0 amide bonds. The summed E-state index contributed by atoms with van der Waals surface area (Å²) in [4.78, 5) is 8.77. The fourth-order valence-electron chi connectivity index (χ4n) is 0. The number of hydrogen-bond acceptors (Lipinski definition) is 1. The highest BCUT2D eigenvalue weighted by Crippen LogP contribution is 2.26. The molecule has 0 aromatic rings. The molecule has 0 rings (SSSR count). The highest BCUT2D eigenvalue weighted by Gasteiger charge is 2.16. The Kier molecular flexibility index (Phi) is 8.94. The van der Waals surface area contributed by atoms with E-state index in [2.05, 4.69) is 11.6 Å². The average Bonchev–Trinajstić information content (AvgIpc) is 1.63. The van der Waals surface area contributed by atoms with E-state index in [1.807, 2.05) is 0 Å². The summed E-state index contributed by atoms with van der Waals surface area (Å²) in [6.45, 7) is 0. The lowest BCUT2D eigenvalue weighted by Crippen LogP contribution is -2.01. The fourth-order valence-corrected chi connectivity index (χ4v) is 0. The van der Waals surface area contributed by atoms with Crippen molar-refractivity contribution in [3.8, 4) is 0 Å². The zero-order chi connectivity index (χ0) is 8.78. The quantitative estimate of drug-likeness (QED) is 0.526. The second kappa shape index (κ2) is 6.62. The molecule has 0 aliphatic carbocycles. The van der Waals surface area contributed by atoms with Gasteiger partial charge in [0.05, 0.1) is 5.88 Å². The Morgan fingerprint density at radius 3 is 1.50 bits per heavy atom. The van der Waals surface area contributed by atoms with Gasteiger partial charge in [0.2, 0.25) is 3.79 Å². The lowest BCUT2D eigenvalue weighted by atomic mass is 10.9. The van der Waals surface area contributed by atoms with Crippen LogP contribution in [0.25, 0.3) is 0 Å². The Labute approximate surface area is 82.9 Å². The van der Waals surface area contributed by atoms with Crippen LogP contribution < -0.4 is 0 Å². The van der Waals surface area contributed by atoms with E-state index < -0.39 is 9.22 Å². The topological polar surface area (TPSA) is 37.3 Å². The van der Waals surface area contributed by atoms with Gasteiger partial charge in [-0.25, -0.2) is 4.79 Å². The van der Waals surface area contributed by atoms with Crippen molar-refractivity contribution >= 4 is 63.4 Å². The molecule has 0 atom stereocenters. The third-order valence-electron chi connectivity index (χ3n) is 0.152. The molecule has 0 fully saturated rings. The maximum atomic E-state index is 8.77. The smallest absolute Gasteiger partial charge is 0.401 e. The molecular weight excluding hydrogens is 245 g/mol. The molecule has 0 aromatic carbocycles. The SMILES string of the molecule is ClCC(Cl)(Cl)Cl.O=C(O)Cl. The standard InChI is InChI=1S/C2H2Cl4.CHClO2/c3-1-2(4,5)6;2-1(3)4/h1H2;(H,3,4). The van der Waals surface area contributed by atoms with Crippen molar-refractivity contribution < 1.29 is 9.90 Å². The molecule has 0 aliphatic heterocycles. The van der Waals surface area contributed by atoms with Crippen LogP contribution in [0.2, 0.25) is 0 Å². The first kappa shape index (κ1) is 13.5. The lowest BCUT2D eigenvalue weighted by Gasteiger charge is -2.00. The van der Waals surface area contributed by atoms with Gasteiger partial charge in [-0.2, -0.15) is 0 Å². The maximum absolute atomic E-state index is 8.77. The highest BCUT2D eigenvalue weighted by molar-refractivity contribution is 6.69. The van der Waals surface area contributed by atoms with Gasteiger partial charge in [-0.1, -0.05) is 34.8 Å². The van der Waals surface area contributed by atoms with Crippen molar-refractivity contribution in [2.45, 2.75) is 3.79 Å². The second-order valence-electron chi connectivity index (χ2n) is 1.00. The fraction of sp³-hybridized carbons (Fsp3) is 0.667. The number of hydrogen-bond donors (Lipinski definition) is 1. The average molecular weight is 248 g/mol. The van der Waals surface area contributed by atoms with E-state index in [0.29, 0.717) is 0 Å². The Balaban J connectivity index is 0. The summed E-state index contributed by atoms with van der Waals surface area (Å²) in [6, 6.07) is 0. The van der Waals surface area contributed by atoms with Crippen molar-refractivity contribution in [3.05, 3.63) is 0 Å². The number of rotatable bonds is 0. The molecule has 0 heterocycles. The van der Waals surface area contributed by atoms with E-state index in [0.717, 1.165) is 0 Å². The Morgan fingerprint density at radius 1 is 1.40 bits per heavy atom. The predicted octanol–water partition coefficient (Wildman–Crippen LogP) is 3.50. The molecule has 7 heteroatoms. The highest BCUT2D eigenvalue weighted by atomic mass is 35.6. The molecular formula is C3H3Cl5O2. The van der Waals surface area contributed by atoms with E-state index in [9.17, 15) is 0 Å². The minimum Gasteiger partial charge on any atom is -0.469 e. The first-order valence-corrected chi connectivity index (χ1v) is 3.85. The van der Waals surface area contributed by atoms with Gasteiger partial charge in [-0.05, 0) is 0 Å². The van der Waals surface area contributed by atoms with E-state index in [4.69, 9.17) is 56.3 Å². The zero-order valence-corrected chi connectivity index (χ0v) is 8.23. The van der Waals surface area contributed by atoms with E-state index in [1.165, 1.54) is 0 Å². The van der Waals surface area contributed by atoms with Crippen LogP contribution in [0.15, 0.2) is 0 Å². The number of carbonyl (C=O) groups is 1. The van der Waals surface area contributed by atoms with Crippen molar-refractivity contribution in [2.75, 3.05) is 5.88 Å². The largest absolute Gasteiger partial charge is 0.469 e. The molecule has 62 valence electrons. The molecule has 0 saturated carbocycles. The third kappa shape index (κ3) is 36.4. The van der Waals surface area contributed by atoms with Crippen molar-refractivity contribution in [1.82, 2.24) is 0 Å². The van der Waals surface area contributed by atoms with Gasteiger partial charge >= 0.3 is 5.43 Å². The minimum atomic E-state index is -1.36. The van der Waals surface area contributed by atoms with E-state index in [1.54, 1.807) is 0 Å². The molecule has 0 spiro atoms. The first-order valence-electron chi connectivity index (χ1n) is 1.80. The molecule has 0 unspecified atom stereocenters. The summed E-state index contributed by atoms with van der Waals surface area (Å²) >= 11 is 24.6. The van der Waals surface area contributed by atoms with E-state index in [-0.39, 0.29) is 5.88 Å². The van der Waals surface area contributed by atoms with Crippen LogP contribution in [0, 0.1) is 0 Å². The molecule has 0 aliphatic rings. The van der Waals surface area contributed by atoms with Crippen LogP contribution in [0.5, 0.6) is 0 Å². The predicted molar refractivity (Wildman–Crippen MR) is 44.9 cm³/mol.